The van der Waals surface area contributed by atoms with Crippen molar-refractivity contribution >= 4 is 49.1 Å². The first kappa shape index (κ1) is 24.0. The zero-order valence-electron chi connectivity index (χ0n) is 19.5. The molecule has 4 aromatic carbocycles. The highest BCUT2D eigenvalue weighted by Crippen LogP contribution is 2.38. The molecule has 0 saturated heterocycles. The Morgan fingerprint density at radius 2 is 1.65 bits per heavy atom. The Labute approximate surface area is 211 Å². The Morgan fingerprint density at radius 3 is 2.38 bits per heavy atom. The molecule has 1 aromatic heterocycles. The van der Waals surface area contributed by atoms with E-state index >= 15 is 0 Å². The Kier molecular flexibility index (Phi) is 6.10. The number of fused-ring (bicyclic) bond motifs is 3. The average Bonchev–Trinajstić information content (AvgIpc) is 3.23. The van der Waals surface area contributed by atoms with Gasteiger partial charge in [0.1, 0.15) is 23.5 Å². The van der Waals surface area contributed by atoms with Crippen molar-refractivity contribution in [1.29, 1.82) is 0 Å². The quantitative estimate of drug-likeness (QED) is 0.160. The summed E-state index contributed by atoms with van der Waals surface area (Å²) in [5.74, 6) is -0.278. The van der Waals surface area contributed by atoms with Crippen LogP contribution in [0.1, 0.15) is 21.7 Å². The van der Waals surface area contributed by atoms with Crippen LogP contribution in [0.4, 0.5) is 11.4 Å². The van der Waals surface area contributed by atoms with E-state index in [1.54, 1.807) is 31.2 Å². The summed E-state index contributed by atoms with van der Waals surface area (Å²) < 4.78 is 40.4. The number of sulfonamides is 1. The van der Waals surface area contributed by atoms with Gasteiger partial charge in [-0.15, -0.1) is 0 Å². The summed E-state index contributed by atoms with van der Waals surface area (Å²) in [6.07, 6.45) is 0. The molecule has 0 aliphatic heterocycles. The van der Waals surface area contributed by atoms with Crippen LogP contribution < -0.4 is 4.72 Å². The van der Waals surface area contributed by atoms with Crippen molar-refractivity contribution in [2.75, 3.05) is 4.72 Å². The summed E-state index contributed by atoms with van der Waals surface area (Å²) in [5, 5.41) is 12.6. The number of carbonyl (C=O) groups is 1. The fraction of sp³-hybridized carbons (Fsp3) is 0.0741. The smallest absolute Gasteiger partial charge is 0.342 e. The second kappa shape index (κ2) is 9.40. The molecule has 0 aliphatic carbocycles. The molecule has 1 heterocycles. The van der Waals surface area contributed by atoms with Crippen LogP contribution in [0.15, 0.2) is 94.2 Å². The Balaban J connectivity index is 1.59. The zero-order valence-corrected chi connectivity index (χ0v) is 20.3. The second-order valence-electron chi connectivity index (χ2n) is 8.30. The van der Waals surface area contributed by atoms with Crippen LogP contribution in [0.5, 0.6) is 0 Å². The van der Waals surface area contributed by atoms with Gasteiger partial charge in [-0.3, -0.25) is 14.8 Å². The van der Waals surface area contributed by atoms with Crippen molar-refractivity contribution in [2.24, 2.45) is 0 Å². The number of rotatable bonds is 7. The number of nitrogens with one attached hydrogen (secondary N) is 1. The fourth-order valence-corrected chi connectivity index (χ4v) is 5.25. The van der Waals surface area contributed by atoms with Gasteiger partial charge in [-0.2, -0.15) is 0 Å². The Hall–Kier alpha value is -4.70. The van der Waals surface area contributed by atoms with E-state index in [1.807, 2.05) is 30.3 Å². The van der Waals surface area contributed by atoms with Crippen LogP contribution >= 0.6 is 0 Å². The average molecular weight is 517 g/mol. The van der Waals surface area contributed by atoms with Crippen LogP contribution in [0, 0.1) is 17.0 Å². The molecule has 0 bridgehead atoms. The maximum Gasteiger partial charge on any atom is 0.342 e. The lowest BCUT2D eigenvalue weighted by Gasteiger charge is -2.12. The van der Waals surface area contributed by atoms with Crippen molar-refractivity contribution in [3.63, 3.8) is 0 Å². The van der Waals surface area contributed by atoms with E-state index in [1.165, 1.54) is 24.3 Å². The molecule has 0 unspecified atom stereocenters. The number of anilines is 1. The molecule has 9 nitrogen and oxygen atoms in total. The number of aryl methyl sites for hydroxylation is 1. The molecule has 5 aromatic rings. The number of nitro benzene ring substituents is 1. The molecule has 1 N–H and O–H groups in total. The highest BCUT2D eigenvalue weighted by atomic mass is 32.2. The topological polar surface area (TPSA) is 129 Å². The first-order valence-corrected chi connectivity index (χ1v) is 12.7. The molecule has 0 radical (unpaired) electrons. The minimum atomic E-state index is -4.20. The summed E-state index contributed by atoms with van der Waals surface area (Å²) >= 11 is 0. The molecular weight excluding hydrogens is 496 g/mol. The van der Waals surface area contributed by atoms with Gasteiger partial charge in [0, 0.05) is 28.3 Å². The fourth-order valence-electron chi connectivity index (χ4n) is 4.14. The highest BCUT2D eigenvalue weighted by molar-refractivity contribution is 7.92. The zero-order chi connectivity index (χ0) is 26.2. The predicted molar refractivity (Wildman–Crippen MR) is 138 cm³/mol. The predicted octanol–water partition coefficient (Wildman–Crippen LogP) is 5.96. The minimum Gasteiger partial charge on any atom is -0.460 e. The first-order chi connectivity index (χ1) is 17.7. The number of nitrogens with zero attached hydrogens (tertiary/aromatic N) is 1. The van der Waals surface area contributed by atoms with E-state index in [2.05, 4.69) is 4.72 Å². The SMILES string of the molecule is Cc1oc2c(cc(NS(=O)(=O)c3cccc([N+](=O)[O-])c3)c3ccccc32)c1C(=O)OCc1ccccc1. The largest absolute Gasteiger partial charge is 0.460 e. The van der Waals surface area contributed by atoms with Crippen molar-refractivity contribution in [1.82, 2.24) is 0 Å². The number of carbonyl (C=O) groups excluding carboxylic acids is 1. The lowest BCUT2D eigenvalue weighted by Crippen LogP contribution is -2.13. The van der Waals surface area contributed by atoms with Crippen molar-refractivity contribution in [3.8, 4) is 0 Å². The number of hydrogen-bond donors (Lipinski definition) is 1. The van der Waals surface area contributed by atoms with Gasteiger partial charge in [0.05, 0.1) is 15.5 Å². The molecule has 0 fully saturated rings. The molecule has 0 amide bonds. The van der Waals surface area contributed by atoms with Gasteiger partial charge in [0.2, 0.25) is 0 Å². The molecular formula is C27H20N2O7S. The summed E-state index contributed by atoms with van der Waals surface area (Å²) in [6.45, 7) is 1.70. The molecule has 0 aliphatic rings. The number of non-ortho nitro benzene ring substituents is 1. The third kappa shape index (κ3) is 4.62. The lowest BCUT2D eigenvalue weighted by atomic mass is 10.0. The summed E-state index contributed by atoms with van der Waals surface area (Å²) in [7, 11) is -4.20. The first-order valence-electron chi connectivity index (χ1n) is 11.2. The van der Waals surface area contributed by atoms with Crippen LogP contribution in [0.25, 0.3) is 21.7 Å². The van der Waals surface area contributed by atoms with Gasteiger partial charge >= 0.3 is 5.97 Å². The standard InChI is InChI=1S/C27H20N2O7S/c1-17-25(27(30)35-16-18-8-3-2-4-9-18)23-15-24(21-12-5-6-13-22(21)26(23)36-17)28-37(33,34)20-11-7-10-19(14-20)29(31)32/h2-15,28H,16H2,1H3. The van der Waals surface area contributed by atoms with Crippen molar-refractivity contribution in [2.45, 2.75) is 18.4 Å². The number of furan rings is 1. The van der Waals surface area contributed by atoms with E-state index in [9.17, 15) is 23.3 Å². The van der Waals surface area contributed by atoms with Crippen molar-refractivity contribution < 1.29 is 27.3 Å². The van der Waals surface area contributed by atoms with E-state index in [4.69, 9.17) is 9.15 Å². The van der Waals surface area contributed by atoms with Crippen LogP contribution in [0.2, 0.25) is 0 Å². The van der Waals surface area contributed by atoms with Gasteiger partial charge < -0.3 is 9.15 Å². The highest BCUT2D eigenvalue weighted by Gasteiger charge is 2.25. The van der Waals surface area contributed by atoms with Crippen LogP contribution in [-0.4, -0.2) is 19.3 Å². The molecule has 186 valence electrons. The summed E-state index contributed by atoms with van der Waals surface area (Å²) in [6, 6.07) is 22.5. The van der Waals surface area contributed by atoms with Gasteiger partial charge in [-0.25, -0.2) is 13.2 Å². The van der Waals surface area contributed by atoms with E-state index in [0.29, 0.717) is 27.5 Å². The third-order valence-corrected chi connectivity index (χ3v) is 7.23. The molecule has 0 atom stereocenters. The summed E-state index contributed by atoms with van der Waals surface area (Å²) in [5.41, 5.74) is 1.26. The van der Waals surface area contributed by atoms with E-state index < -0.39 is 20.9 Å². The van der Waals surface area contributed by atoms with E-state index in [0.717, 1.165) is 11.6 Å². The van der Waals surface area contributed by atoms with Gasteiger partial charge in [0.15, 0.2) is 0 Å². The Bertz CT molecular complexity index is 1780. The van der Waals surface area contributed by atoms with Gasteiger partial charge in [-0.1, -0.05) is 60.7 Å². The van der Waals surface area contributed by atoms with Crippen LogP contribution in [0.3, 0.4) is 0 Å². The third-order valence-electron chi connectivity index (χ3n) is 5.87. The number of esters is 1. The van der Waals surface area contributed by atoms with E-state index in [-0.39, 0.29) is 28.4 Å². The second-order valence-corrected chi connectivity index (χ2v) is 9.98. The number of nitro groups is 1. The molecule has 10 heteroatoms. The van der Waals surface area contributed by atoms with Crippen LogP contribution in [-0.2, 0) is 21.4 Å². The maximum atomic E-state index is 13.2. The van der Waals surface area contributed by atoms with Crippen molar-refractivity contribution in [3.05, 3.63) is 112 Å². The number of ether oxygens (including phenoxy) is 1. The molecule has 0 saturated carbocycles. The normalized spacial score (nSPS) is 11.5. The molecule has 0 spiro atoms. The van der Waals surface area contributed by atoms with Gasteiger partial charge in [0.25, 0.3) is 15.7 Å². The monoisotopic (exact) mass is 516 g/mol. The minimum absolute atomic E-state index is 0.0612. The molecule has 5 rings (SSSR count). The lowest BCUT2D eigenvalue weighted by molar-refractivity contribution is -0.385. The summed E-state index contributed by atoms with van der Waals surface area (Å²) in [4.78, 5) is 23.3. The van der Waals surface area contributed by atoms with Gasteiger partial charge in [-0.05, 0) is 24.6 Å². The number of benzene rings is 4. The number of hydrogen-bond acceptors (Lipinski definition) is 7. The maximum absolute atomic E-state index is 13.2. The Morgan fingerprint density at radius 1 is 0.946 bits per heavy atom. The molecule has 37 heavy (non-hydrogen) atoms.